The molecule has 112 valence electrons. The molecule has 0 saturated carbocycles. The van der Waals surface area contributed by atoms with Crippen LogP contribution in [0.1, 0.15) is 13.8 Å². The standard InChI is InChI=1S/C15H24N2O3/c1-4-16-15(18)12-17(5-2)10-11-20-14-8-6-13(19-3)7-9-14/h6-9H,4-5,10-12H2,1-3H3,(H,16,18). The lowest BCUT2D eigenvalue weighted by molar-refractivity contribution is -0.122. The third-order valence-corrected chi connectivity index (χ3v) is 2.92. The van der Waals surface area contributed by atoms with E-state index < -0.39 is 0 Å². The Morgan fingerprint density at radius 2 is 1.85 bits per heavy atom. The molecule has 0 bridgehead atoms. The predicted molar refractivity (Wildman–Crippen MR) is 79.3 cm³/mol. The summed E-state index contributed by atoms with van der Waals surface area (Å²) in [6, 6.07) is 7.47. The van der Waals surface area contributed by atoms with E-state index in [9.17, 15) is 4.79 Å². The van der Waals surface area contributed by atoms with Crippen LogP contribution in [0.3, 0.4) is 0 Å². The zero-order chi connectivity index (χ0) is 14.8. The summed E-state index contributed by atoms with van der Waals surface area (Å²) in [7, 11) is 1.64. The molecule has 0 aliphatic carbocycles. The molecule has 0 heterocycles. The van der Waals surface area contributed by atoms with Gasteiger partial charge in [-0.2, -0.15) is 0 Å². The molecule has 0 aliphatic rings. The van der Waals surface area contributed by atoms with Gasteiger partial charge in [-0.3, -0.25) is 9.69 Å². The van der Waals surface area contributed by atoms with Gasteiger partial charge in [-0.1, -0.05) is 6.92 Å². The van der Waals surface area contributed by atoms with Gasteiger partial charge in [0.2, 0.25) is 5.91 Å². The van der Waals surface area contributed by atoms with Crippen LogP contribution in [0.2, 0.25) is 0 Å². The Kier molecular flexibility index (Phi) is 7.50. The number of likely N-dealkylation sites (N-methyl/N-ethyl adjacent to an activating group) is 2. The van der Waals surface area contributed by atoms with E-state index >= 15 is 0 Å². The molecule has 20 heavy (non-hydrogen) atoms. The number of hydrogen-bond donors (Lipinski definition) is 1. The Morgan fingerprint density at radius 3 is 2.40 bits per heavy atom. The molecule has 1 aromatic rings. The van der Waals surface area contributed by atoms with Gasteiger partial charge in [-0.05, 0) is 37.7 Å². The molecule has 0 atom stereocenters. The van der Waals surface area contributed by atoms with Gasteiger partial charge in [0.1, 0.15) is 18.1 Å². The number of ether oxygens (including phenoxy) is 2. The van der Waals surface area contributed by atoms with Gasteiger partial charge in [0.25, 0.3) is 0 Å². The number of benzene rings is 1. The average Bonchev–Trinajstić information content (AvgIpc) is 2.47. The Bertz CT molecular complexity index is 393. The number of amides is 1. The van der Waals surface area contributed by atoms with Crippen molar-refractivity contribution in [2.24, 2.45) is 0 Å². The third-order valence-electron chi connectivity index (χ3n) is 2.92. The SMILES string of the molecule is CCNC(=O)CN(CC)CCOc1ccc(OC)cc1. The highest BCUT2D eigenvalue weighted by atomic mass is 16.5. The Labute approximate surface area is 120 Å². The largest absolute Gasteiger partial charge is 0.497 e. The van der Waals surface area contributed by atoms with E-state index in [-0.39, 0.29) is 5.91 Å². The van der Waals surface area contributed by atoms with Gasteiger partial charge in [-0.25, -0.2) is 0 Å². The Morgan fingerprint density at radius 1 is 1.20 bits per heavy atom. The van der Waals surface area contributed by atoms with Gasteiger partial charge in [-0.15, -0.1) is 0 Å². The quantitative estimate of drug-likeness (QED) is 0.745. The van der Waals surface area contributed by atoms with E-state index in [1.807, 2.05) is 38.1 Å². The molecule has 5 heteroatoms. The Hall–Kier alpha value is -1.75. The molecule has 1 N–H and O–H groups in total. The second-order valence-corrected chi connectivity index (χ2v) is 4.35. The number of hydrogen-bond acceptors (Lipinski definition) is 4. The summed E-state index contributed by atoms with van der Waals surface area (Å²) in [5, 5.41) is 2.80. The van der Waals surface area contributed by atoms with Crippen LogP contribution >= 0.6 is 0 Å². The first kappa shape index (κ1) is 16.3. The zero-order valence-electron chi connectivity index (χ0n) is 12.5. The van der Waals surface area contributed by atoms with Crippen molar-refractivity contribution in [3.05, 3.63) is 24.3 Å². The van der Waals surface area contributed by atoms with Crippen LogP contribution < -0.4 is 14.8 Å². The van der Waals surface area contributed by atoms with Crippen LogP contribution in [0, 0.1) is 0 Å². The number of carbonyl (C=O) groups excluding carboxylic acids is 1. The van der Waals surface area contributed by atoms with Gasteiger partial charge >= 0.3 is 0 Å². The monoisotopic (exact) mass is 280 g/mol. The second-order valence-electron chi connectivity index (χ2n) is 4.35. The molecule has 5 nitrogen and oxygen atoms in total. The lowest BCUT2D eigenvalue weighted by atomic mass is 10.3. The van der Waals surface area contributed by atoms with Crippen molar-refractivity contribution in [2.45, 2.75) is 13.8 Å². The van der Waals surface area contributed by atoms with Crippen LogP contribution in [0.15, 0.2) is 24.3 Å². The van der Waals surface area contributed by atoms with Crippen LogP contribution in [-0.4, -0.2) is 50.7 Å². The van der Waals surface area contributed by atoms with Crippen LogP contribution in [0.25, 0.3) is 0 Å². The van der Waals surface area contributed by atoms with Gasteiger partial charge in [0.15, 0.2) is 0 Å². The summed E-state index contributed by atoms with van der Waals surface area (Å²) in [4.78, 5) is 13.6. The minimum absolute atomic E-state index is 0.0544. The van der Waals surface area contributed by atoms with E-state index in [0.29, 0.717) is 19.7 Å². The molecular formula is C15H24N2O3. The van der Waals surface area contributed by atoms with E-state index in [1.165, 1.54) is 0 Å². The fourth-order valence-corrected chi connectivity index (χ4v) is 1.77. The normalized spacial score (nSPS) is 10.4. The van der Waals surface area contributed by atoms with Crippen molar-refractivity contribution in [1.29, 1.82) is 0 Å². The summed E-state index contributed by atoms with van der Waals surface area (Å²) in [6.07, 6.45) is 0. The topological polar surface area (TPSA) is 50.8 Å². The van der Waals surface area contributed by atoms with E-state index in [0.717, 1.165) is 24.6 Å². The highest BCUT2D eigenvalue weighted by Crippen LogP contribution is 2.16. The van der Waals surface area contributed by atoms with Crippen molar-refractivity contribution < 1.29 is 14.3 Å². The molecule has 0 fully saturated rings. The van der Waals surface area contributed by atoms with Crippen molar-refractivity contribution >= 4 is 5.91 Å². The number of carbonyl (C=O) groups is 1. The molecule has 0 spiro atoms. The summed E-state index contributed by atoms with van der Waals surface area (Å²) in [5.41, 5.74) is 0. The van der Waals surface area contributed by atoms with E-state index in [1.54, 1.807) is 7.11 Å². The first-order chi connectivity index (χ1) is 9.69. The van der Waals surface area contributed by atoms with Crippen molar-refractivity contribution in [3.8, 4) is 11.5 Å². The summed E-state index contributed by atoms with van der Waals surface area (Å²) < 4.78 is 10.7. The minimum Gasteiger partial charge on any atom is -0.497 e. The second kappa shape index (κ2) is 9.20. The predicted octanol–water partition coefficient (Wildman–Crippen LogP) is 1.53. The van der Waals surface area contributed by atoms with Gasteiger partial charge < -0.3 is 14.8 Å². The molecule has 0 radical (unpaired) electrons. The maximum absolute atomic E-state index is 11.5. The van der Waals surface area contributed by atoms with Gasteiger partial charge in [0, 0.05) is 13.1 Å². The molecule has 1 rings (SSSR count). The summed E-state index contributed by atoms with van der Waals surface area (Å²) in [6.45, 7) is 7.13. The number of rotatable bonds is 9. The first-order valence-corrected chi connectivity index (χ1v) is 6.95. The number of nitrogens with zero attached hydrogens (tertiary/aromatic N) is 1. The first-order valence-electron chi connectivity index (χ1n) is 6.95. The molecule has 1 aromatic carbocycles. The van der Waals surface area contributed by atoms with Crippen LogP contribution in [0.5, 0.6) is 11.5 Å². The smallest absolute Gasteiger partial charge is 0.234 e. The highest BCUT2D eigenvalue weighted by molar-refractivity contribution is 5.77. The zero-order valence-corrected chi connectivity index (χ0v) is 12.5. The van der Waals surface area contributed by atoms with Gasteiger partial charge in [0.05, 0.1) is 13.7 Å². The molecule has 0 saturated heterocycles. The Balaban J connectivity index is 2.31. The summed E-state index contributed by atoms with van der Waals surface area (Å²) in [5.74, 6) is 1.67. The van der Waals surface area contributed by atoms with E-state index in [4.69, 9.17) is 9.47 Å². The minimum atomic E-state index is 0.0544. The third kappa shape index (κ3) is 5.93. The van der Waals surface area contributed by atoms with Crippen LogP contribution in [-0.2, 0) is 4.79 Å². The maximum Gasteiger partial charge on any atom is 0.234 e. The molecule has 0 unspecified atom stereocenters. The molecule has 1 amide bonds. The van der Waals surface area contributed by atoms with Crippen LogP contribution in [0.4, 0.5) is 0 Å². The van der Waals surface area contributed by atoms with E-state index in [2.05, 4.69) is 10.2 Å². The average molecular weight is 280 g/mol. The van der Waals surface area contributed by atoms with Crippen molar-refractivity contribution in [1.82, 2.24) is 10.2 Å². The highest BCUT2D eigenvalue weighted by Gasteiger charge is 2.08. The number of methoxy groups -OCH3 is 1. The molecular weight excluding hydrogens is 256 g/mol. The lowest BCUT2D eigenvalue weighted by Gasteiger charge is -2.19. The number of nitrogens with one attached hydrogen (secondary N) is 1. The fraction of sp³-hybridized carbons (Fsp3) is 0.533. The van der Waals surface area contributed by atoms with Crippen molar-refractivity contribution in [2.75, 3.05) is 39.9 Å². The lowest BCUT2D eigenvalue weighted by Crippen LogP contribution is -2.38. The molecule has 0 aromatic heterocycles. The molecule has 0 aliphatic heterocycles. The maximum atomic E-state index is 11.5. The van der Waals surface area contributed by atoms with Crippen molar-refractivity contribution in [3.63, 3.8) is 0 Å². The summed E-state index contributed by atoms with van der Waals surface area (Å²) >= 11 is 0. The fourth-order valence-electron chi connectivity index (χ4n) is 1.77.